The molecule has 1 amide bonds. The smallest absolute Gasteiger partial charge is 0.220 e. The average molecular weight is 680 g/mol. The lowest BCUT2D eigenvalue weighted by Crippen LogP contribution is -2.60. The van der Waals surface area contributed by atoms with Crippen LogP contribution in [-0.4, -0.2) is 87.5 Å². The minimum Gasteiger partial charge on any atom is -0.394 e. The van der Waals surface area contributed by atoms with Crippen molar-refractivity contribution >= 4 is 5.91 Å². The summed E-state index contributed by atoms with van der Waals surface area (Å²) >= 11 is 0. The Labute approximate surface area is 291 Å². The zero-order valence-corrected chi connectivity index (χ0v) is 30.0. The van der Waals surface area contributed by atoms with E-state index in [0.717, 1.165) is 83.5 Å². The first-order chi connectivity index (χ1) is 23.3. The molecule has 278 valence electrons. The van der Waals surface area contributed by atoms with Gasteiger partial charge in [-0.05, 0) is 51.4 Å². The predicted octanol–water partition coefficient (Wildman–Crippen LogP) is 6.33. The van der Waals surface area contributed by atoms with E-state index in [2.05, 4.69) is 67.8 Å². The Morgan fingerprint density at radius 3 is 1.90 bits per heavy atom. The van der Waals surface area contributed by atoms with Gasteiger partial charge in [0.05, 0.1) is 25.4 Å². The Morgan fingerprint density at radius 1 is 0.729 bits per heavy atom. The van der Waals surface area contributed by atoms with Crippen molar-refractivity contribution in [1.29, 1.82) is 0 Å². The van der Waals surface area contributed by atoms with E-state index < -0.39 is 49.5 Å². The van der Waals surface area contributed by atoms with Crippen LogP contribution in [0.3, 0.4) is 0 Å². The van der Waals surface area contributed by atoms with Crippen LogP contribution in [0.15, 0.2) is 48.6 Å². The van der Waals surface area contributed by atoms with Crippen LogP contribution < -0.4 is 5.32 Å². The van der Waals surface area contributed by atoms with Crippen molar-refractivity contribution in [2.45, 2.75) is 179 Å². The number of amides is 1. The van der Waals surface area contributed by atoms with Crippen LogP contribution in [0.1, 0.15) is 136 Å². The quantitative estimate of drug-likeness (QED) is 0.0397. The minimum absolute atomic E-state index is 0.147. The molecule has 48 heavy (non-hydrogen) atoms. The minimum atomic E-state index is -1.55. The highest BCUT2D eigenvalue weighted by atomic mass is 16.7. The average Bonchev–Trinajstić information content (AvgIpc) is 3.08. The van der Waals surface area contributed by atoms with Gasteiger partial charge in [-0.15, -0.1) is 0 Å². The number of hydrogen-bond acceptors (Lipinski definition) is 8. The summed E-state index contributed by atoms with van der Waals surface area (Å²) < 4.78 is 11.1. The molecule has 1 fully saturated rings. The summed E-state index contributed by atoms with van der Waals surface area (Å²) in [6.07, 6.45) is 28.9. The molecule has 1 rings (SSSR count). The van der Waals surface area contributed by atoms with Gasteiger partial charge in [-0.2, -0.15) is 0 Å². The molecule has 0 radical (unpaired) electrons. The largest absolute Gasteiger partial charge is 0.394 e. The molecule has 9 heteroatoms. The maximum atomic E-state index is 12.8. The van der Waals surface area contributed by atoms with Crippen molar-refractivity contribution in [3.05, 3.63) is 48.6 Å². The maximum Gasteiger partial charge on any atom is 0.220 e. The van der Waals surface area contributed by atoms with Gasteiger partial charge in [0.15, 0.2) is 6.29 Å². The van der Waals surface area contributed by atoms with E-state index in [1.165, 1.54) is 25.7 Å². The third-order valence-corrected chi connectivity index (χ3v) is 8.70. The van der Waals surface area contributed by atoms with E-state index in [-0.39, 0.29) is 12.5 Å². The number of aliphatic hydroxyl groups excluding tert-OH is 5. The molecule has 9 nitrogen and oxygen atoms in total. The SMILES string of the molecule is CC/C=C\C/C=C\C/C=C\C/C=C\CCCCCCCCCCC(=O)NC(COC1OC(CO)C(O)C(O)C1O)C(O)CCCCCC. The molecule has 7 atom stereocenters. The summed E-state index contributed by atoms with van der Waals surface area (Å²) in [6.45, 7) is 3.56. The van der Waals surface area contributed by atoms with Crippen molar-refractivity contribution in [3.8, 4) is 0 Å². The Bertz CT molecular complexity index is 889. The Morgan fingerprint density at radius 2 is 1.29 bits per heavy atom. The van der Waals surface area contributed by atoms with Crippen LogP contribution in [0.2, 0.25) is 0 Å². The molecule has 1 saturated heterocycles. The molecule has 0 aromatic heterocycles. The number of ether oxygens (including phenoxy) is 2. The molecule has 7 unspecified atom stereocenters. The molecular weight excluding hydrogens is 610 g/mol. The van der Waals surface area contributed by atoms with Gasteiger partial charge in [0.2, 0.25) is 5.91 Å². The molecule has 1 aliphatic rings. The van der Waals surface area contributed by atoms with E-state index in [1.807, 2.05) is 0 Å². The van der Waals surface area contributed by atoms with E-state index in [4.69, 9.17) is 9.47 Å². The monoisotopic (exact) mass is 680 g/mol. The number of allylic oxidation sites excluding steroid dienone is 8. The molecule has 0 aliphatic carbocycles. The van der Waals surface area contributed by atoms with Gasteiger partial charge in [0, 0.05) is 6.42 Å². The number of carbonyl (C=O) groups is 1. The Kier molecular flexibility index (Phi) is 27.6. The van der Waals surface area contributed by atoms with Gasteiger partial charge in [-0.3, -0.25) is 4.79 Å². The zero-order chi connectivity index (χ0) is 35.2. The van der Waals surface area contributed by atoms with Crippen LogP contribution in [0.4, 0.5) is 0 Å². The fourth-order valence-corrected chi connectivity index (χ4v) is 5.62. The molecular formula is C39H69NO8. The zero-order valence-electron chi connectivity index (χ0n) is 30.0. The van der Waals surface area contributed by atoms with Gasteiger partial charge in [-0.1, -0.05) is 127 Å². The van der Waals surface area contributed by atoms with E-state index in [1.54, 1.807) is 0 Å². The summed E-state index contributed by atoms with van der Waals surface area (Å²) in [5.74, 6) is -0.166. The van der Waals surface area contributed by atoms with Crippen LogP contribution in [0.5, 0.6) is 0 Å². The van der Waals surface area contributed by atoms with Gasteiger partial charge in [0.1, 0.15) is 24.4 Å². The third-order valence-electron chi connectivity index (χ3n) is 8.70. The first kappa shape index (κ1) is 44.2. The van der Waals surface area contributed by atoms with Crippen LogP contribution in [0.25, 0.3) is 0 Å². The Balaban J connectivity index is 2.23. The third kappa shape index (κ3) is 21.3. The number of rotatable bonds is 29. The molecule has 0 spiro atoms. The summed E-state index contributed by atoms with van der Waals surface area (Å²) in [6, 6.07) is -0.719. The normalized spacial score (nSPS) is 23.2. The molecule has 0 saturated carbocycles. The van der Waals surface area contributed by atoms with Gasteiger partial charge in [0.25, 0.3) is 0 Å². The van der Waals surface area contributed by atoms with Crippen LogP contribution >= 0.6 is 0 Å². The van der Waals surface area contributed by atoms with Crippen molar-refractivity contribution in [2.75, 3.05) is 13.2 Å². The number of hydrogen-bond donors (Lipinski definition) is 6. The number of nitrogens with one attached hydrogen (secondary N) is 1. The molecule has 6 N–H and O–H groups in total. The number of unbranched alkanes of at least 4 members (excludes halogenated alkanes) is 11. The molecule has 0 aromatic carbocycles. The van der Waals surface area contributed by atoms with Crippen LogP contribution in [-0.2, 0) is 14.3 Å². The highest BCUT2D eigenvalue weighted by molar-refractivity contribution is 5.76. The van der Waals surface area contributed by atoms with Crippen molar-refractivity contribution in [1.82, 2.24) is 5.32 Å². The first-order valence-corrected chi connectivity index (χ1v) is 18.8. The fourth-order valence-electron chi connectivity index (χ4n) is 5.62. The number of carbonyl (C=O) groups excluding carboxylic acids is 1. The van der Waals surface area contributed by atoms with E-state index >= 15 is 0 Å². The second kappa shape index (κ2) is 30.0. The maximum absolute atomic E-state index is 12.8. The highest BCUT2D eigenvalue weighted by Gasteiger charge is 2.44. The summed E-state index contributed by atoms with van der Waals surface area (Å²) in [5.41, 5.74) is 0. The second-order valence-electron chi connectivity index (χ2n) is 13.0. The van der Waals surface area contributed by atoms with E-state index in [0.29, 0.717) is 12.8 Å². The lowest BCUT2D eigenvalue weighted by atomic mass is 9.99. The van der Waals surface area contributed by atoms with Crippen LogP contribution in [0, 0.1) is 0 Å². The molecule has 1 heterocycles. The molecule has 0 bridgehead atoms. The molecule has 0 aromatic rings. The van der Waals surface area contributed by atoms with Crippen molar-refractivity contribution in [3.63, 3.8) is 0 Å². The predicted molar refractivity (Wildman–Crippen MR) is 193 cm³/mol. The second-order valence-corrected chi connectivity index (χ2v) is 13.0. The van der Waals surface area contributed by atoms with Gasteiger partial charge >= 0.3 is 0 Å². The fraction of sp³-hybridized carbons (Fsp3) is 0.769. The van der Waals surface area contributed by atoms with Crippen molar-refractivity contribution in [2.24, 2.45) is 0 Å². The topological polar surface area (TPSA) is 149 Å². The lowest BCUT2D eigenvalue weighted by molar-refractivity contribution is -0.302. The molecule has 1 aliphatic heterocycles. The summed E-state index contributed by atoms with van der Waals surface area (Å²) in [4.78, 5) is 12.8. The van der Waals surface area contributed by atoms with Gasteiger partial charge < -0.3 is 40.3 Å². The summed E-state index contributed by atoms with van der Waals surface area (Å²) in [7, 11) is 0. The highest BCUT2D eigenvalue weighted by Crippen LogP contribution is 2.22. The Hall–Kier alpha value is -1.85. The summed E-state index contributed by atoms with van der Waals surface area (Å²) in [5, 5.41) is 53.5. The number of aliphatic hydroxyl groups is 5. The first-order valence-electron chi connectivity index (χ1n) is 18.8. The standard InChI is InChI=1S/C39H69NO8/c1-3-5-7-9-10-11-12-13-14-15-16-17-18-19-20-21-22-23-24-25-27-29-35(43)40-32(33(42)28-26-8-6-4-2)31-47-39-38(46)37(45)36(44)34(30-41)48-39/h5,7,10-11,13-14,16-17,32-34,36-39,41-42,44-46H,3-4,6,8-9,12,15,18-31H2,1-2H3,(H,40,43)/b7-5-,11-10-,14-13-,17-16-. The van der Waals surface area contributed by atoms with E-state index in [9.17, 15) is 30.3 Å². The van der Waals surface area contributed by atoms with Gasteiger partial charge in [-0.25, -0.2) is 0 Å². The lowest BCUT2D eigenvalue weighted by Gasteiger charge is -2.40. The van der Waals surface area contributed by atoms with Crippen molar-refractivity contribution < 1.29 is 39.8 Å².